The van der Waals surface area contributed by atoms with Gasteiger partial charge in [0.15, 0.2) is 5.78 Å². The fourth-order valence-electron chi connectivity index (χ4n) is 1.89. The van der Waals surface area contributed by atoms with Gasteiger partial charge in [0, 0.05) is 0 Å². The van der Waals surface area contributed by atoms with Crippen molar-refractivity contribution in [2.75, 3.05) is 0 Å². The van der Waals surface area contributed by atoms with Gasteiger partial charge in [-0.3, -0.25) is 4.79 Å². The number of carbonyl (C=O) groups excluding carboxylic acids is 1. The molecule has 2 rings (SSSR count). The van der Waals surface area contributed by atoms with Crippen LogP contribution in [0.5, 0.6) is 0 Å². The first-order chi connectivity index (χ1) is 6.68. The highest BCUT2D eigenvalue weighted by atomic mass is 16.1. The molecule has 1 aromatic rings. The fourth-order valence-corrected chi connectivity index (χ4v) is 1.89. The summed E-state index contributed by atoms with van der Waals surface area (Å²) in [5.41, 5.74) is 1.70. The smallest absolute Gasteiger partial charge is 0.169 e. The number of rotatable bonds is 2. The second kappa shape index (κ2) is 2.95. The summed E-state index contributed by atoms with van der Waals surface area (Å²) in [7, 11) is 0. The summed E-state index contributed by atoms with van der Waals surface area (Å²) in [5, 5.41) is 0. The Balaban J connectivity index is 2.58. The SMILES string of the molecule is C=CC(=O)[C@]1(C)C=Cc2ccccc21. The molecule has 14 heavy (non-hydrogen) atoms. The Labute approximate surface area is 83.8 Å². The first kappa shape index (κ1) is 8.95. The molecule has 0 aromatic heterocycles. The average Bonchev–Trinajstić information content (AvgIpc) is 2.58. The molecule has 0 heterocycles. The van der Waals surface area contributed by atoms with Crippen LogP contribution in [0.4, 0.5) is 0 Å². The lowest BCUT2D eigenvalue weighted by Crippen LogP contribution is -2.26. The van der Waals surface area contributed by atoms with Crippen LogP contribution in [-0.2, 0) is 10.2 Å². The average molecular weight is 184 g/mol. The van der Waals surface area contributed by atoms with Gasteiger partial charge in [-0.15, -0.1) is 0 Å². The van der Waals surface area contributed by atoms with Crippen LogP contribution in [0.15, 0.2) is 43.0 Å². The molecule has 1 atom stereocenters. The van der Waals surface area contributed by atoms with Gasteiger partial charge in [0.1, 0.15) is 0 Å². The third kappa shape index (κ3) is 1.06. The van der Waals surface area contributed by atoms with Crippen molar-refractivity contribution in [2.45, 2.75) is 12.3 Å². The van der Waals surface area contributed by atoms with E-state index in [1.54, 1.807) is 0 Å². The molecule has 0 saturated heterocycles. The lowest BCUT2D eigenvalue weighted by Gasteiger charge is -2.20. The first-order valence-electron chi connectivity index (χ1n) is 4.64. The van der Waals surface area contributed by atoms with Gasteiger partial charge in [-0.25, -0.2) is 0 Å². The van der Waals surface area contributed by atoms with E-state index in [-0.39, 0.29) is 5.78 Å². The van der Waals surface area contributed by atoms with E-state index in [9.17, 15) is 4.79 Å². The highest BCUT2D eigenvalue weighted by molar-refractivity contribution is 6.02. The molecular formula is C13H12O. The van der Waals surface area contributed by atoms with E-state index in [0.717, 1.165) is 11.1 Å². The Morgan fingerprint density at radius 3 is 2.86 bits per heavy atom. The van der Waals surface area contributed by atoms with Gasteiger partial charge in [0.05, 0.1) is 5.41 Å². The van der Waals surface area contributed by atoms with E-state index in [1.807, 2.05) is 43.3 Å². The van der Waals surface area contributed by atoms with Crippen molar-refractivity contribution in [2.24, 2.45) is 0 Å². The van der Waals surface area contributed by atoms with Crippen molar-refractivity contribution < 1.29 is 4.79 Å². The minimum Gasteiger partial charge on any atom is -0.294 e. The minimum absolute atomic E-state index is 0.0544. The fraction of sp³-hybridized carbons (Fsp3) is 0.154. The van der Waals surface area contributed by atoms with E-state index in [1.165, 1.54) is 6.08 Å². The maximum absolute atomic E-state index is 11.7. The molecule has 0 saturated carbocycles. The molecule has 0 radical (unpaired) electrons. The van der Waals surface area contributed by atoms with E-state index in [0.29, 0.717) is 0 Å². The Bertz CT molecular complexity index is 429. The number of hydrogen-bond acceptors (Lipinski definition) is 1. The quantitative estimate of drug-likeness (QED) is 0.646. The van der Waals surface area contributed by atoms with Crippen molar-refractivity contribution in [3.8, 4) is 0 Å². The monoisotopic (exact) mass is 184 g/mol. The van der Waals surface area contributed by atoms with Crippen LogP contribution < -0.4 is 0 Å². The lowest BCUT2D eigenvalue weighted by molar-refractivity contribution is -0.117. The van der Waals surface area contributed by atoms with E-state index in [2.05, 4.69) is 6.58 Å². The molecule has 0 aliphatic heterocycles. The van der Waals surface area contributed by atoms with Crippen LogP contribution in [0.25, 0.3) is 6.08 Å². The normalized spacial score (nSPS) is 23.2. The second-order valence-corrected chi connectivity index (χ2v) is 3.69. The van der Waals surface area contributed by atoms with Gasteiger partial charge in [-0.1, -0.05) is 43.0 Å². The van der Waals surface area contributed by atoms with Crippen molar-refractivity contribution in [3.63, 3.8) is 0 Å². The standard InChI is InChI=1S/C13H12O/c1-3-12(14)13(2)9-8-10-6-4-5-7-11(10)13/h3-9H,1H2,2H3/t13-/m1/s1. The molecule has 1 heteroatoms. The highest BCUT2D eigenvalue weighted by Gasteiger charge is 2.34. The molecule has 0 spiro atoms. The molecule has 70 valence electrons. The minimum atomic E-state index is -0.502. The summed E-state index contributed by atoms with van der Waals surface area (Å²) in [4.78, 5) is 11.7. The Morgan fingerprint density at radius 2 is 2.14 bits per heavy atom. The third-order valence-corrected chi connectivity index (χ3v) is 2.81. The molecule has 0 N–H and O–H groups in total. The Kier molecular flexibility index (Phi) is 1.88. The van der Waals surface area contributed by atoms with E-state index in [4.69, 9.17) is 0 Å². The van der Waals surface area contributed by atoms with Gasteiger partial charge in [-0.05, 0) is 24.1 Å². The maximum Gasteiger partial charge on any atom is 0.169 e. The molecular weight excluding hydrogens is 172 g/mol. The van der Waals surface area contributed by atoms with Gasteiger partial charge in [0.2, 0.25) is 0 Å². The highest BCUT2D eigenvalue weighted by Crippen LogP contribution is 2.36. The number of benzene rings is 1. The predicted molar refractivity (Wildman–Crippen MR) is 58.0 cm³/mol. The molecule has 1 aliphatic carbocycles. The van der Waals surface area contributed by atoms with Crippen LogP contribution in [0.2, 0.25) is 0 Å². The van der Waals surface area contributed by atoms with Crippen LogP contribution in [0.3, 0.4) is 0 Å². The van der Waals surface area contributed by atoms with Crippen LogP contribution in [0.1, 0.15) is 18.1 Å². The van der Waals surface area contributed by atoms with Gasteiger partial charge >= 0.3 is 0 Å². The number of ketones is 1. The number of hydrogen-bond donors (Lipinski definition) is 0. The second-order valence-electron chi connectivity index (χ2n) is 3.69. The molecule has 1 nitrogen and oxygen atoms in total. The van der Waals surface area contributed by atoms with Crippen LogP contribution >= 0.6 is 0 Å². The summed E-state index contributed by atoms with van der Waals surface area (Å²) in [6.07, 6.45) is 5.34. The molecule has 0 amide bonds. The zero-order chi connectivity index (χ0) is 10.2. The maximum atomic E-state index is 11.7. The summed E-state index contributed by atoms with van der Waals surface area (Å²) in [6, 6.07) is 7.96. The third-order valence-electron chi connectivity index (χ3n) is 2.81. The molecule has 0 bridgehead atoms. The Morgan fingerprint density at radius 1 is 1.43 bits per heavy atom. The van der Waals surface area contributed by atoms with E-state index >= 15 is 0 Å². The number of fused-ring (bicyclic) bond motifs is 1. The summed E-state index contributed by atoms with van der Waals surface area (Å²) in [5.74, 6) is 0.0544. The molecule has 0 unspecified atom stereocenters. The van der Waals surface area contributed by atoms with Crippen molar-refractivity contribution in [3.05, 3.63) is 54.1 Å². The Hall–Kier alpha value is -1.63. The lowest BCUT2D eigenvalue weighted by atomic mass is 9.81. The zero-order valence-electron chi connectivity index (χ0n) is 8.16. The van der Waals surface area contributed by atoms with Crippen LogP contribution in [0, 0.1) is 0 Å². The number of allylic oxidation sites excluding steroid dienone is 2. The summed E-state index contributed by atoms with van der Waals surface area (Å²) in [6.45, 7) is 5.47. The number of carbonyl (C=O) groups is 1. The summed E-state index contributed by atoms with van der Waals surface area (Å²) >= 11 is 0. The topological polar surface area (TPSA) is 17.1 Å². The van der Waals surface area contributed by atoms with Gasteiger partial charge in [-0.2, -0.15) is 0 Å². The van der Waals surface area contributed by atoms with Gasteiger partial charge < -0.3 is 0 Å². The van der Waals surface area contributed by atoms with Crippen molar-refractivity contribution in [1.29, 1.82) is 0 Å². The van der Waals surface area contributed by atoms with Crippen molar-refractivity contribution in [1.82, 2.24) is 0 Å². The zero-order valence-corrected chi connectivity index (χ0v) is 8.16. The largest absolute Gasteiger partial charge is 0.294 e. The van der Waals surface area contributed by atoms with Gasteiger partial charge in [0.25, 0.3) is 0 Å². The van der Waals surface area contributed by atoms with E-state index < -0.39 is 5.41 Å². The molecule has 1 aromatic carbocycles. The molecule has 1 aliphatic rings. The predicted octanol–water partition coefficient (Wildman–Crippen LogP) is 2.73. The summed E-state index contributed by atoms with van der Waals surface area (Å²) < 4.78 is 0. The van der Waals surface area contributed by atoms with Crippen molar-refractivity contribution >= 4 is 11.9 Å². The first-order valence-corrected chi connectivity index (χ1v) is 4.64. The molecule has 0 fully saturated rings. The van der Waals surface area contributed by atoms with Crippen LogP contribution in [-0.4, -0.2) is 5.78 Å².